The average molecular weight is 486 g/mol. The Morgan fingerprint density at radius 1 is 1.09 bits per heavy atom. The molecule has 3 aromatic rings. The van der Waals surface area contributed by atoms with E-state index in [1.165, 1.54) is 0 Å². The number of nitrogens with one attached hydrogen (secondary N) is 3. The molecule has 3 heterocycles. The molecule has 0 radical (unpaired) electrons. The molecule has 0 aromatic carbocycles. The first-order chi connectivity index (χ1) is 15.9. The van der Waals surface area contributed by atoms with E-state index in [0.29, 0.717) is 6.07 Å². The zero-order valence-electron chi connectivity index (χ0n) is 16.7. The Labute approximate surface area is 185 Å². The van der Waals surface area contributed by atoms with Gasteiger partial charge in [-0.3, -0.25) is 4.79 Å². The number of halogens is 7. The lowest BCUT2D eigenvalue weighted by Crippen LogP contribution is -2.39. The second kappa shape index (κ2) is 8.43. The number of carbonyl (C=O) groups excluding carboxylic acids is 1. The zero-order chi connectivity index (χ0) is 24.7. The third kappa shape index (κ3) is 4.84. The maximum Gasteiger partial charge on any atom is 0.416 e. The molecule has 0 bridgehead atoms. The van der Waals surface area contributed by atoms with Gasteiger partial charge in [0.25, 0.3) is 5.91 Å². The summed E-state index contributed by atoms with van der Waals surface area (Å²) in [4.78, 5) is 26.6. The number of alkyl halides is 6. The SMILES string of the molecule is O=C(Nc1cc(C(F)(F)F)ccn1)c1cc2nc(NC3C(F)=CC=CC3C(F)(F)F)[nH]c2cn1. The van der Waals surface area contributed by atoms with Crippen molar-refractivity contribution in [2.45, 2.75) is 18.4 Å². The van der Waals surface area contributed by atoms with Crippen LogP contribution in [0, 0.1) is 5.92 Å². The molecule has 2 unspecified atom stereocenters. The van der Waals surface area contributed by atoms with Gasteiger partial charge in [0, 0.05) is 6.20 Å². The molecule has 0 spiro atoms. The highest BCUT2D eigenvalue weighted by atomic mass is 19.4. The number of hydrogen-bond acceptors (Lipinski definition) is 5. The lowest BCUT2D eigenvalue weighted by molar-refractivity contribution is -0.163. The van der Waals surface area contributed by atoms with E-state index >= 15 is 0 Å². The van der Waals surface area contributed by atoms with Crippen LogP contribution in [0.1, 0.15) is 16.1 Å². The number of anilines is 2. The van der Waals surface area contributed by atoms with Gasteiger partial charge in [0.1, 0.15) is 17.3 Å². The van der Waals surface area contributed by atoms with E-state index < -0.39 is 41.6 Å². The van der Waals surface area contributed by atoms with E-state index in [0.717, 1.165) is 42.8 Å². The predicted octanol–water partition coefficient (Wildman–Crippen LogP) is 5.01. The molecule has 1 aliphatic rings. The number of H-pyrrole nitrogens is 1. The summed E-state index contributed by atoms with van der Waals surface area (Å²) >= 11 is 0. The number of aromatic amines is 1. The third-order valence-electron chi connectivity index (χ3n) is 4.83. The number of allylic oxidation sites excluding steroid dienone is 2. The summed E-state index contributed by atoms with van der Waals surface area (Å²) in [5.74, 6) is -4.64. The molecule has 0 aliphatic heterocycles. The Morgan fingerprint density at radius 2 is 1.85 bits per heavy atom. The molecule has 178 valence electrons. The quantitative estimate of drug-likeness (QED) is 0.451. The summed E-state index contributed by atoms with van der Waals surface area (Å²) in [7, 11) is 0. The Balaban J connectivity index is 1.54. The summed E-state index contributed by atoms with van der Waals surface area (Å²) in [6.07, 6.45) is -4.64. The summed E-state index contributed by atoms with van der Waals surface area (Å²) in [5.41, 5.74) is -0.945. The maximum atomic E-state index is 14.1. The van der Waals surface area contributed by atoms with Gasteiger partial charge >= 0.3 is 12.4 Å². The minimum absolute atomic E-state index is 0.0962. The van der Waals surface area contributed by atoms with Crippen molar-refractivity contribution in [3.05, 3.63) is 65.9 Å². The molecular formula is C20H13F7N6O. The zero-order valence-corrected chi connectivity index (χ0v) is 16.7. The van der Waals surface area contributed by atoms with Crippen LogP contribution >= 0.6 is 0 Å². The van der Waals surface area contributed by atoms with Crippen LogP contribution in [-0.4, -0.2) is 38.1 Å². The summed E-state index contributed by atoms with van der Waals surface area (Å²) in [5, 5.41) is 4.54. The van der Waals surface area contributed by atoms with Gasteiger partial charge in [-0.1, -0.05) is 12.2 Å². The van der Waals surface area contributed by atoms with Crippen LogP contribution in [0.4, 0.5) is 42.5 Å². The van der Waals surface area contributed by atoms with Crippen molar-refractivity contribution >= 4 is 28.7 Å². The number of rotatable bonds is 4. The Kier molecular flexibility index (Phi) is 5.75. The molecule has 1 amide bonds. The highest BCUT2D eigenvalue weighted by molar-refractivity contribution is 6.03. The molecule has 0 saturated carbocycles. The second-order valence-corrected chi connectivity index (χ2v) is 7.18. The molecule has 7 nitrogen and oxygen atoms in total. The number of carbonyl (C=O) groups is 1. The Morgan fingerprint density at radius 3 is 2.56 bits per heavy atom. The first-order valence-electron chi connectivity index (χ1n) is 9.49. The lowest BCUT2D eigenvalue weighted by atomic mass is 9.93. The fraction of sp³-hybridized carbons (Fsp3) is 0.200. The van der Waals surface area contributed by atoms with E-state index in [4.69, 9.17) is 0 Å². The molecule has 1 aliphatic carbocycles. The molecule has 3 aromatic heterocycles. The van der Waals surface area contributed by atoms with Gasteiger partial charge in [-0.2, -0.15) is 26.3 Å². The van der Waals surface area contributed by atoms with Crippen molar-refractivity contribution < 1.29 is 35.5 Å². The van der Waals surface area contributed by atoms with Gasteiger partial charge in [0.2, 0.25) is 5.95 Å². The highest BCUT2D eigenvalue weighted by Crippen LogP contribution is 2.36. The lowest BCUT2D eigenvalue weighted by Gasteiger charge is -2.28. The number of amides is 1. The smallest absolute Gasteiger partial charge is 0.346 e. The van der Waals surface area contributed by atoms with Crippen LogP contribution in [0.2, 0.25) is 0 Å². The minimum atomic E-state index is -4.71. The summed E-state index contributed by atoms with van der Waals surface area (Å²) in [6.45, 7) is 0. The van der Waals surface area contributed by atoms with E-state index in [1.54, 1.807) is 0 Å². The van der Waals surface area contributed by atoms with Gasteiger partial charge in [0.15, 0.2) is 0 Å². The molecule has 2 atom stereocenters. The van der Waals surface area contributed by atoms with Crippen molar-refractivity contribution in [3.63, 3.8) is 0 Å². The standard InChI is InChI=1S/C20H13F7N6O/c21-11-3-1-2-10(20(25,26)27)16(11)33-18-30-12-7-13(29-8-14(12)31-18)17(34)32-15-6-9(4-5-28-15)19(22,23)24/h1-8,10,16H,(H,28,32,34)(H2,30,31,33). The van der Waals surface area contributed by atoms with E-state index in [1.807, 2.05) is 0 Å². The number of nitrogens with zero attached hydrogens (tertiary/aromatic N) is 3. The van der Waals surface area contributed by atoms with Gasteiger partial charge < -0.3 is 15.6 Å². The molecule has 34 heavy (non-hydrogen) atoms. The van der Waals surface area contributed by atoms with E-state index in [-0.39, 0.29) is 28.5 Å². The van der Waals surface area contributed by atoms with Gasteiger partial charge in [-0.25, -0.2) is 19.3 Å². The third-order valence-corrected chi connectivity index (χ3v) is 4.83. The monoisotopic (exact) mass is 486 g/mol. The minimum Gasteiger partial charge on any atom is -0.346 e. The van der Waals surface area contributed by atoms with Crippen molar-refractivity contribution in [3.8, 4) is 0 Å². The first kappa shape index (κ1) is 23.2. The number of pyridine rings is 2. The van der Waals surface area contributed by atoms with Crippen LogP contribution in [0.15, 0.2) is 54.6 Å². The van der Waals surface area contributed by atoms with Crippen molar-refractivity contribution in [1.29, 1.82) is 0 Å². The maximum absolute atomic E-state index is 14.1. The van der Waals surface area contributed by atoms with Gasteiger partial charge in [-0.05, 0) is 24.3 Å². The largest absolute Gasteiger partial charge is 0.416 e. The number of imidazole rings is 1. The summed E-state index contributed by atoms with van der Waals surface area (Å²) < 4.78 is 92.3. The number of fused-ring (bicyclic) bond motifs is 1. The first-order valence-corrected chi connectivity index (χ1v) is 9.49. The second-order valence-electron chi connectivity index (χ2n) is 7.18. The summed E-state index contributed by atoms with van der Waals surface area (Å²) in [6, 6.07) is 0.786. The van der Waals surface area contributed by atoms with Crippen molar-refractivity contribution in [2.75, 3.05) is 10.6 Å². The topological polar surface area (TPSA) is 95.6 Å². The normalized spacial score (nSPS) is 18.6. The molecule has 3 N–H and O–H groups in total. The Hall–Kier alpha value is -3.97. The Bertz CT molecular complexity index is 1290. The van der Waals surface area contributed by atoms with Crippen LogP contribution in [0.25, 0.3) is 11.0 Å². The van der Waals surface area contributed by atoms with Crippen LogP contribution in [0.3, 0.4) is 0 Å². The van der Waals surface area contributed by atoms with Crippen LogP contribution < -0.4 is 10.6 Å². The molecule has 0 saturated heterocycles. The fourth-order valence-electron chi connectivity index (χ4n) is 3.22. The number of hydrogen-bond donors (Lipinski definition) is 3. The highest BCUT2D eigenvalue weighted by Gasteiger charge is 2.46. The van der Waals surface area contributed by atoms with E-state index in [2.05, 4.69) is 30.6 Å². The van der Waals surface area contributed by atoms with Gasteiger partial charge in [-0.15, -0.1) is 0 Å². The van der Waals surface area contributed by atoms with Crippen molar-refractivity contribution in [1.82, 2.24) is 19.9 Å². The predicted molar refractivity (Wildman–Crippen MR) is 106 cm³/mol. The average Bonchev–Trinajstić information content (AvgIpc) is 3.15. The molecular weight excluding hydrogens is 473 g/mol. The fourth-order valence-corrected chi connectivity index (χ4v) is 3.22. The molecule has 4 rings (SSSR count). The van der Waals surface area contributed by atoms with Crippen LogP contribution in [0.5, 0.6) is 0 Å². The van der Waals surface area contributed by atoms with Gasteiger partial charge in [0.05, 0.1) is 34.8 Å². The molecule has 0 fully saturated rings. The molecule has 14 heteroatoms. The van der Waals surface area contributed by atoms with Crippen molar-refractivity contribution in [2.24, 2.45) is 5.92 Å². The number of aromatic nitrogens is 4. The van der Waals surface area contributed by atoms with E-state index in [9.17, 15) is 35.5 Å². The van der Waals surface area contributed by atoms with Crippen LogP contribution in [-0.2, 0) is 6.18 Å².